The Bertz CT molecular complexity index is 567. The number of fused-ring (bicyclic) bond motifs is 1. The highest BCUT2D eigenvalue weighted by Crippen LogP contribution is 2.39. The first-order valence-corrected chi connectivity index (χ1v) is 8.05. The summed E-state index contributed by atoms with van der Waals surface area (Å²) in [5.41, 5.74) is 1.02. The molecule has 0 aliphatic carbocycles. The number of rotatable bonds is 6. The maximum Gasteiger partial charge on any atom is 0.187 e. The summed E-state index contributed by atoms with van der Waals surface area (Å²) in [7, 11) is 1.64. The largest absolute Gasteiger partial charge is 0.497 e. The maximum absolute atomic E-state index is 8.97. The third-order valence-corrected chi connectivity index (χ3v) is 4.05. The Morgan fingerprint density at radius 2 is 1.88 bits per heavy atom. The highest BCUT2D eigenvalue weighted by Gasteiger charge is 2.55. The molecule has 2 heterocycles. The molecule has 6 heteroatoms. The van der Waals surface area contributed by atoms with E-state index in [4.69, 9.17) is 28.8 Å². The molecule has 1 aromatic rings. The molecule has 0 bridgehead atoms. The van der Waals surface area contributed by atoms with Gasteiger partial charge in [-0.15, -0.1) is 0 Å². The lowest BCUT2D eigenvalue weighted by molar-refractivity contribution is -0.231. The molecule has 1 N–H and O–H groups in total. The van der Waals surface area contributed by atoms with Gasteiger partial charge in [0.1, 0.15) is 24.1 Å². The van der Waals surface area contributed by atoms with Gasteiger partial charge in [-0.1, -0.05) is 24.3 Å². The minimum absolute atomic E-state index is 0.0428. The van der Waals surface area contributed by atoms with E-state index >= 15 is 0 Å². The fourth-order valence-electron chi connectivity index (χ4n) is 2.98. The molecule has 0 aromatic heterocycles. The van der Waals surface area contributed by atoms with Crippen LogP contribution in [0.3, 0.4) is 0 Å². The van der Waals surface area contributed by atoms with Crippen molar-refractivity contribution < 1.29 is 28.8 Å². The van der Waals surface area contributed by atoms with Crippen molar-refractivity contribution in [3.8, 4) is 5.75 Å². The van der Waals surface area contributed by atoms with Gasteiger partial charge in [0.15, 0.2) is 12.1 Å². The first-order valence-electron chi connectivity index (χ1n) is 8.05. The Morgan fingerprint density at radius 1 is 1.17 bits per heavy atom. The van der Waals surface area contributed by atoms with E-state index in [2.05, 4.69) is 0 Å². The zero-order valence-electron chi connectivity index (χ0n) is 14.2. The van der Waals surface area contributed by atoms with E-state index in [-0.39, 0.29) is 24.9 Å². The summed E-state index contributed by atoms with van der Waals surface area (Å²) in [4.78, 5) is 0. The van der Waals surface area contributed by atoms with Crippen molar-refractivity contribution >= 4 is 0 Å². The fraction of sp³-hybridized carbons (Fsp3) is 0.556. The molecule has 0 amide bonds. The van der Waals surface area contributed by atoms with Crippen molar-refractivity contribution in [2.24, 2.45) is 0 Å². The van der Waals surface area contributed by atoms with Crippen LogP contribution in [0, 0.1) is 0 Å². The van der Waals surface area contributed by atoms with Gasteiger partial charge < -0.3 is 28.8 Å². The van der Waals surface area contributed by atoms with Gasteiger partial charge in [0.2, 0.25) is 0 Å². The Morgan fingerprint density at radius 3 is 2.54 bits per heavy atom. The lowest BCUT2D eigenvalue weighted by Gasteiger charge is -2.23. The SMILES string of the molecule is COc1ccc(CO[C@H]2O[C@H](/C=C\CO)C3OC(C)(C)OC32)cc1. The normalized spacial score (nSPS) is 31.5. The Labute approximate surface area is 141 Å². The van der Waals surface area contributed by atoms with E-state index in [9.17, 15) is 0 Å². The van der Waals surface area contributed by atoms with Gasteiger partial charge in [-0.25, -0.2) is 0 Å². The number of hydrogen-bond donors (Lipinski definition) is 1. The second kappa shape index (κ2) is 7.21. The van der Waals surface area contributed by atoms with Crippen molar-refractivity contribution in [3.63, 3.8) is 0 Å². The van der Waals surface area contributed by atoms with E-state index in [0.29, 0.717) is 6.61 Å². The molecular weight excluding hydrogens is 312 g/mol. The van der Waals surface area contributed by atoms with Crippen LogP contribution in [0.4, 0.5) is 0 Å². The average Bonchev–Trinajstić information content (AvgIpc) is 3.05. The Kier molecular flexibility index (Phi) is 5.22. The van der Waals surface area contributed by atoms with Crippen molar-refractivity contribution in [3.05, 3.63) is 42.0 Å². The van der Waals surface area contributed by atoms with Crippen LogP contribution in [0.25, 0.3) is 0 Å². The summed E-state index contributed by atoms with van der Waals surface area (Å²) in [5, 5.41) is 8.97. The van der Waals surface area contributed by atoms with Crippen LogP contribution < -0.4 is 4.74 Å². The maximum atomic E-state index is 8.97. The quantitative estimate of drug-likeness (QED) is 0.802. The van der Waals surface area contributed by atoms with Gasteiger partial charge in [-0.2, -0.15) is 0 Å². The zero-order valence-corrected chi connectivity index (χ0v) is 14.2. The van der Waals surface area contributed by atoms with Crippen LogP contribution >= 0.6 is 0 Å². The number of ether oxygens (including phenoxy) is 5. The highest BCUT2D eigenvalue weighted by atomic mass is 16.8. The van der Waals surface area contributed by atoms with Crippen LogP contribution in [0.1, 0.15) is 19.4 Å². The summed E-state index contributed by atoms with van der Waals surface area (Å²) < 4.78 is 28.8. The first-order chi connectivity index (χ1) is 11.5. The molecule has 24 heavy (non-hydrogen) atoms. The van der Waals surface area contributed by atoms with E-state index < -0.39 is 12.1 Å². The van der Waals surface area contributed by atoms with Gasteiger partial charge in [0.05, 0.1) is 20.3 Å². The van der Waals surface area contributed by atoms with E-state index in [1.54, 1.807) is 19.3 Å². The predicted molar refractivity (Wildman–Crippen MR) is 86.5 cm³/mol. The Hall–Kier alpha value is -1.44. The molecule has 2 saturated heterocycles. The Balaban J connectivity index is 1.64. The molecule has 3 rings (SSSR count). The molecule has 2 aliphatic heterocycles. The van der Waals surface area contributed by atoms with Gasteiger partial charge in [0.25, 0.3) is 0 Å². The zero-order chi connectivity index (χ0) is 17.2. The fourth-order valence-corrected chi connectivity index (χ4v) is 2.98. The van der Waals surface area contributed by atoms with Crippen molar-refractivity contribution in [1.29, 1.82) is 0 Å². The van der Waals surface area contributed by atoms with Crippen LogP contribution in [0.5, 0.6) is 5.75 Å². The highest BCUT2D eigenvalue weighted by molar-refractivity contribution is 5.26. The summed E-state index contributed by atoms with van der Waals surface area (Å²) in [6.07, 6.45) is 2.06. The molecule has 4 atom stereocenters. The molecule has 2 fully saturated rings. The minimum Gasteiger partial charge on any atom is -0.497 e. The smallest absolute Gasteiger partial charge is 0.187 e. The number of hydrogen-bond acceptors (Lipinski definition) is 6. The lowest BCUT2D eigenvalue weighted by atomic mass is 10.1. The third kappa shape index (κ3) is 3.79. The molecule has 132 valence electrons. The van der Waals surface area contributed by atoms with Crippen LogP contribution in [-0.4, -0.2) is 49.2 Å². The monoisotopic (exact) mass is 336 g/mol. The predicted octanol–water partition coefficient (Wildman–Crippen LogP) is 2.01. The average molecular weight is 336 g/mol. The summed E-state index contributed by atoms with van der Waals surface area (Å²) in [5.74, 6) is 0.131. The topological polar surface area (TPSA) is 66.4 Å². The van der Waals surface area contributed by atoms with Gasteiger partial charge in [-0.3, -0.25) is 0 Å². The van der Waals surface area contributed by atoms with Crippen molar-refractivity contribution in [1.82, 2.24) is 0 Å². The number of methoxy groups -OCH3 is 1. The standard InChI is InChI=1S/C18H24O6/c1-18(2)23-15-14(5-4-10-19)22-17(16(15)24-18)21-11-12-6-8-13(20-3)9-7-12/h4-9,14-17,19H,10-11H2,1-3H3/b5-4-/t14-,15?,16?,17+/m1/s1. The van der Waals surface area contributed by atoms with Gasteiger partial charge in [-0.05, 0) is 31.5 Å². The number of benzene rings is 1. The van der Waals surface area contributed by atoms with Crippen LogP contribution in [0.15, 0.2) is 36.4 Å². The molecule has 1 aromatic carbocycles. The van der Waals surface area contributed by atoms with E-state index in [0.717, 1.165) is 11.3 Å². The second-order valence-electron chi connectivity index (χ2n) is 6.30. The molecule has 0 saturated carbocycles. The lowest BCUT2D eigenvalue weighted by Crippen LogP contribution is -2.31. The van der Waals surface area contributed by atoms with Gasteiger partial charge in [0, 0.05) is 0 Å². The number of aliphatic hydroxyl groups is 1. The van der Waals surface area contributed by atoms with Crippen LogP contribution in [-0.2, 0) is 25.6 Å². The summed E-state index contributed by atoms with van der Waals surface area (Å²) in [6, 6.07) is 7.68. The van der Waals surface area contributed by atoms with Crippen molar-refractivity contribution in [2.45, 2.75) is 50.8 Å². The molecule has 0 radical (unpaired) electrons. The first kappa shape index (κ1) is 17.4. The van der Waals surface area contributed by atoms with Crippen LogP contribution in [0.2, 0.25) is 0 Å². The van der Waals surface area contributed by atoms with Gasteiger partial charge >= 0.3 is 0 Å². The van der Waals surface area contributed by atoms with E-state index in [1.165, 1.54) is 0 Å². The molecular formula is C18H24O6. The summed E-state index contributed by atoms with van der Waals surface area (Å²) >= 11 is 0. The molecule has 2 aliphatic rings. The second-order valence-corrected chi connectivity index (χ2v) is 6.30. The molecule has 6 nitrogen and oxygen atoms in total. The minimum atomic E-state index is -0.674. The third-order valence-electron chi connectivity index (χ3n) is 4.05. The molecule has 2 unspecified atom stereocenters. The molecule has 0 spiro atoms. The summed E-state index contributed by atoms with van der Waals surface area (Å²) in [6.45, 7) is 4.11. The number of aliphatic hydroxyl groups excluding tert-OH is 1. The van der Waals surface area contributed by atoms with Crippen molar-refractivity contribution in [2.75, 3.05) is 13.7 Å². The van der Waals surface area contributed by atoms with E-state index in [1.807, 2.05) is 38.1 Å².